The van der Waals surface area contributed by atoms with Gasteiger partial charge in [0, 0.05) is 30.5 Å². The molecule has 6 nitrogen and oxygen atoms in total. The van der Waals surface area contributed by atoms with Crippen LogP contribution in [0, 0.1) is 10.1 Å². The lowest BCUT2D eigenvalue weighted by Crippen LogP contribution is -1.95. The summed E-state index contributed by atoms with van der Waals surface area (Å²) in [6.07, 6.45) is 2.42. The fourth-order valence-corrected chi connectivity index (χ4v) is 4.42. The molecule has 1 aromatic carbocycles. The van der Waals surface area contributed by atoms with Crippen LogP contribution in [0.15, 0.2) is 46.1 Å². The lowest BCUT2D eigenvalue weighted by molar-refractivity contribution is -0.384. The number of thioether (sulfide) groups is 1. The third-order valence-electron chi connectivity index (χ3n) is 3.83. The van der Waals surface area contributed by atoms with Crippen molar-refractivity contribution < 1.29 is 4.92 Å². The minimum absolute atomic E-state index is 0.0974. The third-order valence-corrected chi connectivity index (χ3v) is 5.88. The van der Waals surface area contributed by atoms with Gasteiger partial charge in [0.1, 0.15) is 10.3 Å². The number of imidazole rings is 1. The van der Waals surface area contributed by atoms with Crippen LogP contribution in [-0.2, 0) is 12.2 Å². The standard InChI is InChI=1S/C16H10BrClN4O2S/c17-16-13(19-14-4-1-10(18)7-21(14)16)8-25-15-6-9-5-11(22(23)24)2-3-12(9)20-15/h1-5,7H,6,8H2. The van der Waals surface area contributed by atoms with E-state index in [9.17, 15) is 10.1 Å². The van der Waals surface area contributed by atoms with Gasteiger partial charge in [-0.05, 0) is 39.7 Å². The van der Waals surface area contributed by atoms with Gasteiger partial charge in [-0.2, -0.15) is 0 Å². The van der Waals surface area contributed by atoms with E-state index in [1.54, 1.807) is 30.0 Å². The number of nitrogens with zero attached hydrogens (tertiary/aromatic N) is 4. The molecule has 9 heteroatoms. The Balaban J connectivity index is 1.51. The molecule has 0 saturated heterocycles. The van der Waals surface area contributed by atoms with E-state index in [-0.39, 0.29) is 10.6 Å². The quantitative estimate of drug-likeness (QED) is 0.418. The second kappa shape index (κ2) is 6.44. The Hall–Kier alpha value is -1.90. The largest absolute Gasteiger partial charge is 0.292 e. The summed E-state index contributed by atoms with van der Waals surface area (Å²) < 4.78 is 2.76. The molecular weight excluding hydrogens is 428 g/mol. The highest BCUT2D eigenvalue weighted by atomic mass is 79.9. The number of benzene rings is 1. The molecular formula is C16H10BrClN4O2S. The van der Waals surface area contributed by atoms with Gasteiger partial charge in [0.15, 0.2) is 0 Å². The third kappa shape index (κ3) is 3.17. The Morgan fingerprint density at radius 3 is 3.00 bits per heavy atom. The van der Waals surface area contributed by atoms with Gasteiger partial charge in [-0.25, -0.2) is 9.98 Å². The molecule has 0 spiro atoms. The Bertz CT molecular complexity index is 1050. The number of halogens is 2. The number of fused-ring (bicyclic) bond motifs is 2. The zero-order chi connectivity index (χ0) is 17.6. The van der Waals surface area contributed by atoms with Crippen molar-refractivity contribution >= 4 is 61.4 Å². The molecule has 25 heavy (non-hydrogen) atoms. The van der Waals surface area contributed by atoms with Crippen LogP contribution in [0.5, 0.6) is 0 Å². The maximum absolute atomic E-state index is 10.9. The molecule has 3 aromatic rings. The number of rotatable bonds is 3. The van der Waals surface area contributed by atoms with Crippen molar-refractivity contribution in [3.8, 4) is 0 Å². The van der Waals surface area contributed by atoms with Crippen LogP contribution in [-0.4, -0.2) is 19.4 Å². The Morgan fingerprint density at radius 2 is 2.20 bits per heavy atom. The number of aliphatic imine (C=N–C) groups is 1. The van der Waals surface area contributed by atoms with Crippen LogP contribution in [0.3, 0.4) is 0 Å². The van der Waals surface area contributed by atoms with Crippen LogP contribution >= 0.6 is 39.3 Å². The number of non-ortho nitro benzene ring substituents is 1. The van der Waals surface area contributed by atoms with Crippen LogP contribution < -0.4 is 0 Å². The molecule has 126 valence electrons. The predicted octanol–water partition coefficient (Wildman–Crippen LogP) is 5.18. The summed E-state index contributed by atoms with van der Waals surface area (Å²) in [5.41, 5.74) is 3.50. The van der Waals surface area contributed by atoms with Gasteiger partial charge in [-0.3, -0.25) is 14.5 Å². The van der Waals surface area contributed by atoms with Gasteiger partial charge in [0.05, 0.1) is 26.4 Å². The molecule has 0 amide bonds. The average molecular weight is 438 g/mol. The smallest absolute Gasteiger partial charge is 0.269 e. The Kier molecular flexibility index (Phi) is 4.26. The molecule has 4 rings (SSSR count). The predicted molar refractivity (Wildman–Crippen MR) is 103 cm³/mol. The highest BCUT2D eigenvalue weighted by Crippen LogP contribution is 2.34. The van der Waals surface area contributed by atoms with Crippen molar-refractivity contribution in [2.24, 2.45) is 4.99 Å². The zero-order valence-electron chi connectivity index (χ0n) is 12.6. The molecule has 1 aliphatic rings. The SMILES string of the molecule is O=[N+]([O-])c1ccc2c(c1)CC(SCc1nc3ccc(Cl)cn3c1Br)=N2. The van der Waals surface area contributed by atoms with E-state index in [0.717, 1.165) is 32.2 Å². The van der Waals surface area contributed by atoms with Gasteiger partial charge in [0.25, 0.3) is 5.69 Å². The monoisotopic (exact) mass is 436 g/mol. The molecule has 1 aliphatic heterocycles. The zero-order valence-corrected chi connectivity index (χ0v) is 15.8. The van der Waals surface area contributed by atoms with Crippen LogP contribution in [0.2, 0.25) is 5.02 Å². The maximum atomic E-state index is 10.9. The van der Waals surface area contributed by atoms with E-state index >= 15 is 0 Å². The van der Waals surface area contributed by atoms with Crippen molar-refractivity contribution in [1.29, 1.82) is 0 Å². The molecule has 0 bridgehead atoms. The van der Waals surface area contributed by atoms with Crippen LogP contribution in [0.4, 0.5) is 11.4 Å². The van der Waals surface area contributed by atoms with E-state index in [4.69, 9.17) is 11.6 Å². The van der Waals surface area contributed by atoms with Crippen molar-refractivity contribution in [3.05, 3.63) is 67.5 Å². The summed E-state index contributed by atoms with van der Waals surface area (Å²) in [7, 11) is 0. The highest BCUT2D eigenvalue weighted by Gasteiger charge is 2.19. The van der Waals surface area contributed by atoms with E-state index in [1.165, 1.54) is 6.07 Å². The maximum Gasteiger partial charge on any atom is 0.269 e. The van der Waals surface area contributed by atoms with Crippen molar-refractivity contribution in [1.82, 2.24) is 9.38 Å². The summed E-state index contributed by atoms with van der Waals surface area (Å²) in [5, 5.41) is 12.4. The van der Waals surface area contributed by atoms with Gasteiger partial charge in [-0.15, -0.1) is 11.8 Å². The fraction of sp³-hybridized carbons (Fsp3) is 0.125. The molecule has 0 atom stereocenters. The van der Waals surface area contributed by atoms with Crippen molar-refractivity contribution in [3.63, 3.8) is 0 Å². The van der Waals surface area contributed by atoms with Gasteiger partial charge in [0.2, 0.25) is 0 Å². The van der Waals surface area contributed by atoms with Crippen LogP contribution in [0.1, 0.15) is 11.3 Å². The number of pyridine rings is 1. The highest BCUT2D eigenvalue weighted by molar-refractivity contribution is 9.10. The van der Waals surface area contributed by atoms with Crippen molar-refractivity contribution in [2.75, 3.05) is 0 Å². The average Bonchev–Trinajstić information content (AvgIpc) is 3.13. The van der Waals surface area contributed by atoms with Gasteiger partial charge >= 0.3 is 0 Å². The molecule has 0 N–H and O–H groups in total. The molecule has 0 saturated carbocycles. The van der Waals surface area contributed by atoms with Gasteiger partial charge < -0.3 is 0 Å². The van der Waals surface area contributed by atoms with Gasteiger partial charge in [-0.1, -0.05) is 11.6 Å². The molecule has 0 aliphatic carbocycles. The summed E-state index contributed by atoms with van der Waals surface area (Å²) in [4.78, 5) is 19.6. The minimum Gasteiger partial charge on any atom is -0.292 e. The summed E-state index contributed by atoms with van der Waals surface area (Å²) in [6.45, 7) is 0. The lowest BCUT2D eigenvalue weighted by atomic mass is 10.1. The number of hydrogen-bond donors (Lipinski definition) is 0. The number of nitro groups is 1. The first-order chi connectivity index (χ1) is 12.0. The van der Waals surface area contributed by atoms with Crippen LogP contribution in [0.25, 0.3) is 5.65 Å². The first kappa shape index (κ1) is 16.6. The molecule has 0 radical (unpaired) electrons. The van der Waals surface area contributed by atoms with E-state index < -0.39 is 0 Å². The first-order valence-corrected chi connectivity index (χ1v) is 9.46. The second-order valence-corrected chi connectivity index (χ2v) is 7.70. The lowest BCUT2D eigenvalue weighted by Gasteiger charge is -1.99. The number of aromatic nitrogens is 2. The molecule has 3 heterocycles. The Labute approximate surface area is 160 Å². The van der Waals surface area contributed by atoms with E-state index in [1.807, 2.05) is 16.7 Å². The second-order valence-electron chi connectivity index (χ2n) is 5.47. The Morgan fingerprint density at radius 1 is 1.36 bits per heavy atom. The normalized spacial score (nSPS) is 13.1. The summed E-state index contributed by atoms with van der Waals surface area (Å²) >= 11 is 11.2. The molecule has 0 fully saturated rings. The van der Waals surface area contributed by atoms with E-state index in [0.29, 0.717) is 17.2 Å². The first-order valence-electron chi connectivity index (χ1n) is 7.31. The topological polar surface area (TPSA) is 72.8 Å². The fourth-order valence-electron chi connectivity index (χ4n) is 2.64. The molecule has 0 unspecified atom stereocenters. The minimum atomic E-state index is -0.385. The number of nitro benzene ring substituents is 1. The summed E-state index contributed by atoms with van der Waals surface area (Å²) in [5.74, 6) is 0.648. The molecule has 2 aromatic heterocycles. The summed E-state index contributed by atoms with van der Waals surface area (Å²) in [6, 6.07) is 8.44. The van der Waals surface area contributed by atoms with Crippen molar-refractivity contribution in [2.45, 2.75) is 12.2 Å². The van der Waals surface area contributed by atoms with E-state index in [2.05, 4.69) is 25.9 Å². The number of hydrogen-bond acceptors (Lipinski definition) is 5.